The number of nitro groups is 1. The van der Waals surface area contributed by atoms with E-state index < -0.39 is 31.6 Å². The second-order valence-corrected chi connectivity index (χ2v) is 21.6. The number of hydrogen-bond acceptors (Lipinski definition) is 14. The van der Waals surface area contributed by atoms with Gasteiger partial charge in [-0.15, -0.1) is 11.8 Å². The second-order valence-electron chi connectivity index (χ2n) is 18.7. The molecule has 0 bridgehead atoms. The molecular weight excluding hydrogens is 883 g/mol. The van der Waals surface area contributed by atoms with E-state index in [1.54, 1.807) is 30.5 Å². The fourth-order valence-electron chi connectivity index (χ4n) is 10.6. The third-order valence-electron chi connectivity index (χ3n) is 14.2. The van der Waals surface area contributed by atoms with Crippen molar-refractivity contribution in [1.29, 1.82) is 0 Å². The molecule has 1 aliphatic carbocycles. The molecule has 2 aromatic carbocycles. The molecule has 5 aromatic rings. The smallest absolute Gasteiger partial charge is 0.291 e. The topological polar surface area (TPSA) is 191 Å². The molecule has 16 nitrogen and oxygen atoms in total. The molecule has 10 rings (SSSR count). The van der Waals surface area contributed by atoms with Gasteiger partial charge in [-0.3, -0.25) is 19.8 Å². The van der Waals surface area contributed by atoms with Gasteiger partial charge in [-0.25, -0.2) is 9.71 Å². The Labute approximate surface area is 388 Å². The summed E-state index contributed by atoms with van der Waals surface area (Å²) >= 11 is 1.28. The van der Waals surface area contributed by atoms with Crippen molar-refractivity contribution in [3.05, 3.63) is 99.9 Å². The summed E-state index contributed by atoms with van der Waals surface area (Å²) in [5.74, 6) is 0.175. The highest BCUT2D eigenvalue weighted by Crippen LogP contribution is 2.53. The van der Waals surface area contributed by atoms with E-state index in [0.717, 1.165) is 88.3 Å². The average Bonchev–Trinajstić information content (AvgIpc) is 3.79. The van der Waals surface area contributed by atoms with E-state index in [9.17, 15) is 23.3 Å². The third-order valence-corrected chi connectivity index (χ3v) is 16.7. The lowest BCUT2D eigenvalue weighted by molar-refractivity contribution is -0.388. The molecule has 1 spiro atoms. The second kappa shape index (κ2) is 18.4. The SMILES string of the molecule is CC(C)c1ccccc1[C@@H]1COCCN1C1CC2(CCN(c3ccc(C(=O)NS(=O)(=O)c4cc([N+](=O)[O-])c5c(n4)OC[C@H](CC4CCOCC4)S5)c(Oc4cnc5[nH]ccc5c4)c3)CC2)C1. The molecule has 0 unspecified atom stereocenters. The first-order valence-corrected chi connectivity index (χ1v) is 25.3. The average molecular weight is 938 g/mol. The first-order valence-electron chi connectivity index (χ1n) is 23.0. The molecule has 4 fully saturated rings. The van der Waals surface area contributed by atoms with Crippen LogP contribution in [0.2, 0.25) is 0 Å². The summed E-state index contributed by atoms with van der Waals surface area (Å²) in [4.78, 5) is 42.6. The number of H-pyrrole nitrogens is 1. The van der Waals surface area contributed by atoms with Crippen LogP contribution in [0.4, 0.5) is 11.4 Å². The van der Waals surface area contributed by atoms with Gasteiger partial charge in [0.25, 0.3) is 21.6 Å². The number of sulfonamides is 1. The van der Waals surface area contributed by atoms with Gasteiger partial charge in [-0.2, -0.15) is 13.4 Å². The fraction of sp³-hybridized carbons (Fsp3) is 0.479. The van der Waals surface area contributed by atoms with Gasteiger partial charge in [0.1, 0.15) is 28.6 Å². The van der Waals surface area contributed by atoms with Crippen LogP contribution >= 0.6 is 11.8 Å². The number of fused-ring (bicyclic) bond motifs is 2. The third kappa shape index (κ3) is 9.09. The lowest BCUT2D eigenvalue weighted by atomic mass is 9.59. The first kappa shape index (κ1) is 44.6. The number of benzene rings is 2. The maximum Gasteiger partial charge on any atom is 0.291 e. The van der Waals surface area contributed by atoms with Gasteiger partial charge in [-0.05, 0) is 97.6 Å². The van der Waals surface area contributed by atoms with Gasteiger partial charge in [-0.1, -0.05) is 38.1 Å². The number of thioether (sulfide) groups is 1. The molecule has 2 N–H and O–H groups in total. The lowest BCUT2D eigenvalue weighted by Crippen LogP contribution is -2.58. The molecule has 3 saturated heterocycles. The number of ether oxygens (including phenoxy) is 4. The molecule has 0 radical (unpaired) electrons. The van der Waals surface area contributed by atoms with Gasteiger partial charge < -0.3 is 28.8 Å². The van der Waals surface area contributed by atoms with Crippen molar-refractivity contribution in [2.45, 2.75) is 92.0 Å². The van der Waals surface area contributed by atoms with Crippen LogP contribution in [0.5, 0.6) is 17.4 Å². The predicted molar refractivity (Wildman–Crippen MR) is 249 cm³/mol. The highest BCUT2D eigenvalue weighted by Gasteiger charge is 2.50. The van der Waals surface area contributed by atoms with E-state index >= 15 is 0 Å². The minimum atomic E-state index is -4.73. The molecule has 3 aromatic heterocycles. The molecule has 348 valence electrons. The zero-order valence-electron chi connectivity index (χ0n) is 37.1. The van der Waals surface area contributed by atoms with Crippen LogP contribution in [0.3, 0.4) is 0 Å². The Morgan fingerprint density at radius 2 is 1.83 bits per heavy atom. The normalized spacial score (nSPS) is 21.6. The van der Waals surface area contributed by atoms with E-state index in [-0.39, 0.29) is 45.4 Å². The molecule has 4 aliphatic heterocycles. The quantitative estimate of drug-likeness (QED) is 0.0895. The van der Waals surface area contributed by atoms with E-state index in [0.29, 0.717) is 49.1 Å². The first-order chi connectivity index (χ1) is 31.9. The van der Waals surface area contributed by atoms with Crippen LogP contribution in [0.1, 0.15) is 92.2 Å². The number of anilines is 1. The molecular formula is C48H55N7O9S2. The Hall–Kier alpha value is -5.27. The maximum atomic E-state index is 14.1. The van der Waals surface area contributed by atoms with E-state index in [2.05, 4.69) is 67.6 Å². The van der Waals surface area contributed by atoms with Crippen LogP contribution in [0.25, 0.3) is 11.0 Å². The molecule has 7 heterocycles. The highest BCUT2D eigenvalue weighted by molar-refractivity contribution is 8.00. The standard InChI is InChI=1S/C48H55N7O9S2/c1-30(2)37-5-3-4-6-38(37)41-29-62-20-17-54(41)34-25-48(26-34)12-15-53(16-13-48)33-7-8-39(42(23-33)64-35-22-32-9-14-49-45(32)50-27-35)46(56)52-66(59,60)43-24-40(55(57)58)44-47(51-43)63-28-36(65-44)21-31-10-18-61-19-11-31/h3-9,14,22-24,27,30-31,34,36,41H,10-13,15-21,25-26,28-29H2,1-2H3,(H,49,50)(H,52,56)/t36-,41-/m0/s1. The zero-order valence-corrected chi connectivity index (χ0v) is 38.8. The fourth-order valence-corrected chi connectivity index (χ4v) is 12.8. The van der Waals surface area contributed by atoms with Gasteiger partial charge >= 0.3 is 0 Å². The number of nitrogens with zero attached hydrogens (tertiary/aromatic N) is 5. The number of carbonyl (C=O) groups excluding carboxylic acids is 1. The number of carbonyl (C=O) groups is 1. The summed E-state index contributed by atoms with van der Waals surface area (Å²) < 4.78 is 53.7. The van der Waals surface area contributed by atoms with E-state index in [4.69, 9.17) is 18.9 Å². The molecule has 66 heavy (non-hydrogen) atoms. The minimum absolute atomic E-state index is 0.0545. The Morgan fingerprint density at radius 3 is 2.62 bits per heavy atom. The van der Waals surface area contributed by atoms with Gasteiger partial charge in [0.2, 0.25) is 5.88 Å². The zero-order chi connectivity index (χ0) is 45.6. The van der Waals surface area contributed by atoms with Crippen molar-refractivity contribution < 1.29 is 37.1 Å². The summed E-state index contributed by atoms with van der Waals surface area (Å²) in [5, 5.41) is 12.4. The van der Waals surface area contributed by atoms with Crippen LogP contribution in [0, 0.1) is 21.4 Å². The summed E-state index contributed by atoms with van der Waals surface area (Å²) in [5.41, 5.74) is 4.01. The van der Waals surface area contributed by atoms with Crippen molar-refractivity contribution in [3.63, 3.8) is 0 Å². The Kier molecular flexibility index (Phi) is 12.4. The van der Waals surface area contributed by atoms with E-state index in [1.807, 2.05) is 6.07 Å². The summed E-state index contributed by atoms with van der Waals surface area (Å²) in [6.07, 6.45) is 10.2. The summed E-state index contributed by atoms with van der Waals surface area (Å²) in [6.45, 7) is 10.1. The van der Waals surface area contributed by atoms with Crippen LogP contribution in [-0.4, -0.2) is 103 Å². The number of aromatic nitrogens is 3. The summed E-state index contributed by atoms with van der Waals surface area (Å²) in [6, 6.07) is 19.2. The molecule has 1 saturated carbocycles. The van der Waals surface area contributed by atoms with Gasteiger partial charge in [0.05, 0.1) is 42.0 Å². The number of hydrogen-bond donors (Lipinski definition) is 2. The van der Waals surface area contributed by atoms with Gasteiger partial charge in [0, 0.05) is 67.5 Å². The van der Waals surface area contributed by atoms with Crippen LogP contribution in [0.15, 0.2) is 83.0 Å². The molecule has 18 heteroatoms. The van der Waals surface area contributed by atoms with Crippen molar-refractivity contribution in [2.24, 2.45) is 11.3 Å². The molecule has 5 aliphatic rings. The highest BCUT2D eigenvalue weighted by atomic mass is 32.2. The Balaban J connectivity index is 0.854. The number of morpholine rings is 1. The molecule has 2 atom stereocenters. The Bertz CT molecular complexity index is 2730. The number of aromatic amines is 1. The van der Waals surface area contributed by atoms with E-state index in [1.165, 1.54) is 29.1 Å². The number of amides is 1. The molecule has 1 amide bonds. The predicted octanol–water partition coefficient (Wildman–Crippen LogP) is 8.39. The number of piperidine rings is 1. The number of rotatable bonds is 12. The largest absolute Gasteiger partial charge is 0.475 e. The minimum Gasteiger partial charge on any atom is -0.475 e. The number of nitrogens with one attached hydrogen (secondary N) is 2. The van der Waals surface area contributed by atoms with Crippen LogP contribution in [-0.2, 0) is 19.5 Å². The van der Waals surface area contributed by atoms with Crippen LogP contribution < -0.4 is 19.1 Å². The lowest BCUT2D eigenvalue weighted by Gasteiger charge is -2.57. The number of pyridine rings is 2. The van der Waals surface area contributed by atoms with Crippen molar-refractivity contribution in [2.75, 3.05) is 57.6 Å². The summed E-state index contributed by atoms with van der Waals surface area (Å²) in [7, 11) is -4.73. The monoisotopic (exact) mass is 937 g/mol. The van der Waals surface area contributed by atoms with Crippen molar-refractivity contribution >= 4 is 50.1 Å². The van der Waals surface area contributed by atoms with Gasteiger partial charge in [0.15, 0.2) is 5.03 Å². The van der Waals surface area contributed by atoms with Crippen molar-refractivity contribution in [3.8, 4) is 17.4 Å². The van der Waals surface area contributed by atoms with Crippen molar-refractivity contribution in [1.82, 2.24) is 24.6 Å². The maximum absolute atomic E-state index is 14.1. The Morgan fingerprint density at radius 1 is 1.03 bits per heavy atom.